The molecule has 128 valence electrons. The van der Waals surface area contributed by atoms with Crippen LogP contribution in [0.4, 0.5) is 11.5 Å². The number of hydrogen-bond donors (Lipinski definition) is 2. The molecular weight excluding hydrogens is 298 g/mol. The monoisotopic (exact) mass is 325 g/mol. The summed E-state index contributed by atoms with van der Waals surface area (Å²) in [5, 5.41) is 6.28. The summed E-state index contributed by atoms with van der Waals surface area (Å²) in [5.41, 5.74) is 2.88. The normalized spacial score (nSPS) is 11.2. The highest BCUT2D eigenvalue weighted by molar-refractivity contribution is 5.94. The Morgan fingerprint density at radius 2 is 1.92 bits per heavy atom. The number of amides is 1. The topological polar surface area (TPSA) is 54.0 Å². The average Bonchev–Trinajstić information content (AvgIpc) is 2.55. The largest absolute Gasteiger partial charge is 0.352 e. The van der Waals surface area contributed by atoms with E-state index in [4.69, 9.17) is 0 Å². The summed E-state index contributed by atoms with van der Waals surface area (Å²) >= 11 is 0. The van der Waals surface area contributed by atoms with Crippen molar-refractivity contribution >= 4 is 17.4 Å². The number of anilines is 2. The van der Waals surface area contributed by atoms with Crippen molar-refractivity contribution in [2.45, 2.75) is 46.0 Å². The van der Waals surface area contributed by atoms with Crippen molar-refractivity contribution in [1.29, 1.82) is 0 Å². The Balaban J connectivity index is 2.17. The summed E-state index contributed by atoms with van der Waals surface area (Å²) in [7, 11) is 0. The molecule has 4 heteroatoms. The Morgan fingerprint density at radius 3 is 2.62 bits per heavy atom. The van der Waals surface area contributed by atoms with E-state index in [1.165, 1.54) is 5.56 Å². The average molecular weight is 325 g/mol. The van der Waals surface area contributed by atoms with Gasteiger partial charge in [-0.1, -0.05) is 52.3 Å². The molecule has 1 aromatic carbocycles. The first-order valence-corrected chi connectivity index (χ1v) is 8.52. The zero-order valence-corrected chi connectivity index (χ0v) is 15.0. The van der Waals surface area contributed by atoms with Crippen molar-refractivity contribution < 1.29 is 4.79 Å². The molecule has 0 fully saturated rings. The van der Waals surface area contributed by atoms with E-state index in [0.29, 0.717) is 17.9 Å². The summed E-state index contributed by atoms with van der Waals surface area (Å²) in [4.78, 5) is 16.5. The lowest BCUT2D eigenvalue weighted by atomic mass is 9.86. The van der Waals surface area contributed by atoms with E-state index in [9.17, 15) is 4.79 Å². The highest BCUT2D eigenvalue weighted by Gasteiger charge is 2.17. The van der Waals surface area contributed by atoms with E-state index in [0.717, 1.165) is 18.5 Å². The van der Waals surface area contributed by atoms with Crippen molar-refractivity contribution in [2.24, 2.45) is 0 Å². The number of nitrogens with zero attached hydrogens (tertiary/aromatic N) is 1. The number of nitrogens with one attached hydrogen (secondary N) is 2. The molecule has 1 amide bonds. The second kappa shape index (κ2) is 7.95. The van der Waals surface area contributed by atoms with Gasteiger partial charge in [0.25, 0.3) is 5.91 Å². The van der Waals surface area contributed by atoms with Crippen molar-refractivity contribution in [1.82, 2.24) is 10.3 Å². The highest BCUT2D eigenvalue weighted by Crippen LogP contribution is 2.30. The van der Waals surface area contributed by atoms with Gasteiger partial charge in [-0.2, -0.15) is 0 Å². The van der Waals surface area contributed by atoms with Gasteiger partial charge in [0.05, 0.1) is 0 Å². The third-order valence-corrected chi connectivity index (χ3v) is 3.84. The van der Waals surface area contributed by atoms with Gasteiger partial charge in [-0.25, -0.2) is 4.98 Å². The molecule has 1 heterocycles. The Bertz CT molecular complexity index is 689. The number of carbonyl (C=O) groups is 1. The second-order valence-electron chi connectivity index (χ2n) is 6.96. The number of hydrogen-bond acceptors (Lipinski definition) is 3. The van der Waals surface area contributed by atoms with Gasteiger partial charge in [0, 0.05) is 24.0 Å². The van der Waals surface area contributed by atoms with Crippen LogP contribution >= 0.6 is 0 Å². The molecule has 2 rings (SSSR count). The molecule has 2 N–H and O–H groups in total. The first-order chi connectivity index (χ1) is 11.4. The molecule has 24 heavy (non-hydrogen) atoms. The fourth-order valence-corrected chi connectivity index (χ4v) is 2.50. The molecule has 0 aliphatic carbocycles. The molecule has 1 aromatic heterocycles. The van der Waals surface area contributed by atoms with E-state index in [1.54, 1.807) is 18.3 Å². The third kappa shape index (κ3) is 4.82. The number of aromatic nitrogens is 1. The number of para-hydroxylation sites is 1. The maximum atomic E-state index is 12.2. The van der Waals surface area contributed by atoms with Gasteiger partial charge in [0.1, 0.15) is 5.82 Å². The van der Waals surface area contributed by atoms with Gasteiger partial charge in [-0.05, 0) is 35.6 Å². The van der Waals surface area contributed by atoms with Gasteiger partial charge < -0.3 is 10.6 Å². The van der Waals surface area contributed by atoms with Crippen molar-refractivity contribution in [3.8, 4) is 0 Å². The molecule has 0 aliphatic heterocycles. The van der Waals surface area contributed by atoms with Gasteiger partial charge >= 0.3 is 0 Å². The number of unbranched alkanes of at least 4 members (excludes halogenated alkanes) is 1. The van der Waals surface area contributed by atoms with E-state index >= 15 is 0 Å². The molecule has 0 atom stereocenters. The Labute approximate surface area is 144 Å². The fourth-order valence-electron chi connectivity index (χ4n) is 2.50. The van der Waals surface area contributed by atoms with Gasteiger partial charge in [-0.15, -0.1) is 0 Å². The zero-order chi connectivity index (χ0) is 17.6. The van der Waals surface area contributed by atoms with E-state index in [-0.39, 0.29) is 11.3 Å². The standard InChI is InChI=1S/C20H27N3O/c1-5-6-12-22-19(24)15-11-13-21-18(14-15)23-17-10-8-7-9-16(17)20(2,3)4/h7-11,13-14H,5-6,12H2,1-4H3,(H,21,23)(H,22,24). The summed E-state index contributed by atoms with van der Waals surface area (Å²) in [5.74, 6) is 0.618. The van der Waals surface area contributed by atoms with Crippen LogP contribution in [-0.2, 0) is 5.41 Å². The van der Waals surface area contributed by atoms with Crippen LogP contribution in [0, 0.1) is 0 Å². The van der Waals surface area contributed by atoms with Crippen LogP contribution < -0.4 is 10.6 Å². The van der Waals surface area contributed by atoms with Crippen LogP contribution in [0.2, 0.25) is 0 Å². The number of benzene rings is 1. The SMILES string of the molecule is CCCCNC(=O)c1ccnc(Nc2ccccc2C(C)(C)C)c1. The molecule has 0 unspecified atom stereocenters. The lowest BCUT2D eigenvalue weighted by Crippen LogP contribution is -2.24. The molecule has 4 nitrogen and oxygen atoms in total. The molecule has 0 radical (unpaired) electrons. The minimum atomic E-state index is -0.0574. The van der Waals surface area contributed by atoms with Crippen LogP contribution in [0.15, 0.2) is 42.6 Å². The van der Waals surface area contributed by atoms with E-state index < -0.39 is 0 Å². The smallest absolute Gasteiger partial charge is 0.251 e. The van der Waals surface area contributed by atoms with Gasteiger partial charge in [-0.3, -0.25) is 4.79 Å². The molecular formula is C20H27N3O. The highest BCUT2D eigenvalue weighted by atomic mass is 16.1. The fraction of sp³-hybridized carbons (Fsp3) is 0.400. The van der Waals surface area contributed by atoms with Crippen LogP contribution in [0.1, 0.15) is 56.5 Å². The summed E-state index contributed by atoms with van der Waals surface area (Å²) < 4.78 is 0. The quantitative estimate of drug-likeness (QED) is 0.760. The Morgan fingerprint density at radius 1 is 1.17 bits per heavy atom. The van der Waals surface area contributed by atoms with Crippen molar-refractivity contribution in [3.63, 3.8) is 0 Å². The first-order valence-electron chi connectivity index (χ1n) is 8.52. The molecule has 0 bridgehead atoms. The van der Waals surface area contributed by atoms with Gasteiger partial charge in [0.2, 0.25) is 0 Å². The molecule has 0 aliphatic rings. The zero-order valence-electron chi connectivity index (χ0n) is 15.0. The number of pyridine rings is 1. The van der Waals surface area contributed by atoms with Crippen LogP contribution in [-0.4, -0.2) is 17.4 Å². The maximum Gasteiger partial charge on any atom is 0.251 e. The first kappa shape index (κ1) is 18.0. The van der Waals surface area contributed by atoms with Crippen LogP contribution in [0.5, 0.6) is 0 Å². The number of rotatable bonds is 6. The molecule has 0 saturated carbocycles. The molecule has 0 spiro atoms. The van der Waals surface area contributed by atoms with Crippen molar-refractivity contribution in [3.05, 3.63) is 53.7 Å². The maximum absolute atomic E-state index is 12.2. The second-order valence-corrected chi connectivity index (χ2v) is 6.96. The minimum Gasteiger partial charge on any atom is -0.352 e. The third-order valence-electron chi connectivity index (χ3n) is 3.84. The van der Waals surface area contributed by atoms with Crippen LogP contribution in [0.25, 0.3) is 0 Å². The Kier molecular flexibility index (Phi) is 5.96. The van der Waals surface area contributed by atoms with Crippen molar-refractivity contribution in [2.75, 3.05) is 11.9 Å². The van der Waals surface area contributed by atoms with Gasteiger partial charge in [0.15, 0.2) is 0 Å². The van der Waals surface area contributed by atoms with Crippen LogP contribution in [0.3, 0.4) is 0 Å². The predicted molar refractivity (Wildman–Crippen MR) is 99.9 cm³/mol. The van der Waals surface area contributed by atoms with E-state index in [2.05, 4.69) is 49.4 Å². The minimum absolute atomic E-state index is 0.0265. The summed E-state index contributed by atoms with van der Waals surface area (Å²) in [6.07, 6.45) is 3.71. The summed E-state index contributed by atoms with van der Waals surface area (Å²) in [6.45, 7) is 9.34. The van der Waals surface area contributed by atoms with E-state index in [1.807, 2.05) is 18.2 Å². The molecule has 0 saturated heterocycles. The Hall–Kier alpha value is -2.36. The predicted octanol–water partition coefficient (Wildman–Crippen LogP) is 4.65. The lowest BCUT2D eigenvalue weighted by Gasteiger charge is -2.23. The molecule has 2 aromatic rings. The summed E-state index contributed by atoms with van der Waals surface area (Å²) in [6, 6.07) is 11.7. The number of carbonyl (C=O) groups excluding carboxylic acids is 1. The lowest BCUT2D eigenvalue weighted by molar-refractivity contribution is 0.0953.